The fourth-order valence-corrected chi connectivity index (χ4v) is 3.43. The van der Waals surface area contributed by atoms with Gasteiger partial charge in [-0.05, 0) is 43.2 Å². The number of hydrogen-bond donors (Lipinski definition) is 0. The Hall–Kier alpha value is -2.82. The number of carbonyl (C=O) groups is 2. The van der Waals surface area contributed by atoms with Crippen molar-refractivity contribution < 1.29 is 9.59 Å². The fourth-order valence-electron chi connectivity index (χ4n) is 3.43. The number of piperazine rings is 1. The molecule has 1 saturated heterocycles. The molecule has 5 nitrogen and oxygen atoms in total. The van der Waals surface area contributed by atoms with Crippen molar-refractivity contribution in [1.82, 2.24) is 4.90 Å². The van der Waals surface area contributed by atoms with Gasteiger partial charge in [0.05, 0.1) is 0 Å². The summed E-state index contributed by atoms with van der Waals surface area (Å²) in [5, 5.41) is 0. The van der Waals surface area contributed by atoms with Crippen LogP contribution in [0.5, 0.6) is 0 Å². The molecule has 2 aromatic carbocycles. The molecular weight excluding hydrogens is 338 g/mol. The first-order valence-corrected chi connectivity index (χ1v) is 9.38. The topological polar surface area (TPSA) is 43.9 Å². The van der Waals surface area contributed by atoms with Crippen molar-refractivity contribution in [2.75, 3.05) is 43.0 Å². The summed E-state index contributed by atoms with van der Waals surface area (Å²) >= 11 is 0. The number of nitrogens with zero attached hydrogens (tertiary/aromatic N) is 3. The Morgan fingerprint density at radius 1 is 0.926 bits per heavy atom. The average Bonchev–Trinajstić information content (AvgIpc) is 2.70. The molecular formula is C22H27N3O2. The summed E-state index contributed by atoms with van der Waals surface area (Å²) in [6, 6.07) is 15.7. The molecule has 2 amide bonds. The van der Waals surface area contributed by atoms with Crippen LogP contribution in [0.2, 0.25) is 0 Å². The maximum atomic E-state index is 12.6. The zero-order valence-electron chi connectivity index (χ0n) is 16.3. The van der Waals surface area contributed by atoms with Crippen LogP contribution in [0.4, 0.5) is 11.4 Å². The zero-order chi connectivity index (χ0) is 19.4. The molecule has 0 saturated carbocycles. The summed E-state index contributed by atoms with van der Waals surface area (Å²) in [7, 11) is 1.71. The first-order chi connectivity index (χ1) is 13.0. The standard InChI is InChI=1S/C22H27N3O2/c1-17-8-7-11-20(18(17)2)24-12-14-25(15-13-24)22(27)16-21(26)23(3)19-9-5-4-6-10-19/h4-11H,12-16H2,1-3H3. The molecule has 0 atom stereocenters. The highest BCUT2D eigenvalue weighted by Crippen LogP contribution is 2.24. The lowest BCUT2D eigenvalue weighted by molar-refractivity contribution is -0.135. The molecule has 3 rings (SSSR count). The van der Waals surface area contributed by atoms with Crippen LogP contribution in [0.15, 0.2) is 48.5 Å². The minimum atomic E-state index is -0.178. The van der Waals surface area contributed by atoms with Gasteiger partial charge in [-0.15, -0.1) is 0 Å². The van der Waals surface area contributed by atoms with E-state index in [0.717, 1.165) is 18.8 Å². The lowest BCUT2D eigenvalue weighted by atomic mass is 10.1. The molecule has 5 heteroatoms. The van der Waals surface area contributed by atoms with Crippen LogP contribution in [-0.2, 0) is 9.59 Å². The van der Waals surface area contributed by atoms with Crippen molar-refractivity contribution in [3.8, 4) is 0 Å². The molecule has 0 radical (unpaired) electrons. The van der Waals surface area contributed by atoms with Crippen molar-refractivity contribution in [3.05, 3.63) is 59.7 Å². The van der Waals surface area contributed by atoms with Gasteiger partial charge >= 0.3 is 0 Å². The van der Waals surface area contributed by atoms with Crippen LogP contribution >= 0.6 is 0 Å². The van der Waals surface area contributed by atoms with E-state index in [1.807, 2.05) is 30.3 Å². The Morgan fingerprint density at radius 3 is 2.26 bits per heavy atom. The Kier molecular flexibility index (Phi) is 5.79. The van der Waals surface area contributed by atoms with E-state index in [9.17, 15) is 9.59 Å². The zero-order valence-corrected chi connectivity index (χ0v) is 16.3. The third-order valence-corrected chi connectivity index (χ3v) is 5.37. The van der Waals surface area contributed by atoms with Gasteiger partial charge in [-0.2, -0.15) is 0 Å². The number of anilines is 2. The second-order valence-corrected chi connectivity index (χ2v) is 7.05. The van der Waals surface area contributed by atoms with E-state index in [2.05, 4.69) is 36.9 Å². The average molecular weight is 365 g/mol. The SMILES string of the molecule is Cc1cccc(N2CCN(C(=O)CC(=O)N(C)c3ccccc3)CC2)c1C. The minimum Gasteiger partial charge on any atom is -0.368 e. The lowest BCUT2D eigenvalue weighted by Crippen LogP contribution is -2.49. The Labute approximate surface area is 161 Å². The number of carbonyl (C=O) groups excluding carboxylic acids is 2. The van der Waals surface area contributed by atoms with Crippen molar-refractivity contribution in [3.63, 3.8) is 0 Å². The molecule has 0 aromatic heterocycles. The predicted octanol–water partition coefficient (Wildman–Crippen LogP) is 3.01. The van der Waals surface area contributed by atoms with Gasteiger partial charge in [0.2, 0.25) is 11.8 Å². The van der Waals surface area contributed by atoms with E-state index in [1.165, 1.54) is 16.8 Å². The normalized spacial score (nSPS) is 14.2. The summed E-state index contributed by atoms with van der Waals surface area (Å²) in [5.74, 6) is -0.272. The second kappa shape index (κ2) is 8.25. The maximum Gasteiger partial charge on any atom is 0.236 e. The van der Waals surface area contributed by atoms with Gasteiger partial charge in [0, 0.05) is 44.6 Å². The highest BCUT2D eigenvalue weighted by Gasteiger charge is 2.25. The van der Waals surface area contributed by atoms with Gasteiger partial charge in [-0.1, -0.05) is 30.3 Å². The fraction of sp³-hybridized carbons (Fsp3) is 0.364. The maximum absolute atomic E-state index is 12.6. The van der Waals surface area contributed by atoms with E-state index in [0.29, 0.717) is 13.1 Å². The Morgan fingerprint density at radius 2 is 1.59 bits per heavy atom. The Bertz CT molecular complexity index is 812. The van der Waals surface area contributed by atoms with E-state index in [4.69, 9.17) is 0 Å². The van der Waals surface area contributed by atoms with Crippen LogP contribution in [-0.4, -0.2) is 49.9 Å². The highest BCUT2D eigenvalue weighted by atomic mass is 16.2. The smallest absolute Gasteiger partial charge is 0.236 e. The Balaban J connectivity index is 1.55. The van der Waals surface area contributed by atoms with E-state index in [-0.39, 0.29) is 18.2 Å². The number of benzene rings is 2. The van der Waals surface area contributed by atoms with Gasteiger partial charge in [0.15, 0.2) is 0 Å². The van der Waals surface area contributed by atoms with Crippen LogP contribution < -0.4 is 9.80 Å². The number of rotatable bonds is 4. The van der Waals surface area contributed by atoms with Crippen molar-refractivity contribution >= 4 is 23.2 Å². The summed E-state index contributed by atoms with van der Waals surface area (Å²) in [5.41, 5.74) is 4.61. The molecule has 142 valence electrons. The lowest BCUT2D eigenvalue weighted by Gasteiger charge is -2.37. The highest BCUT2D eigenvalue weighted by molar-refractivity contribution is 6.04. The van der Waals surface area contributed by atoms with Crippen LogP contribution in [0.25, 0.3) is 0 Å². The molecule has 1 aliphatic rings. The van der Waals surface area contributed by atoms with E-state index < -0.39 is 0 Å². The summed E-state index contributed by atoms with van der Waals surface area (Å²) in [6.07, 6.45) is -0.0884. The molecule has 2 aromatic rings. The van der Waals surface area contributed by atoms with Gasteiger partial charge in [0.1, 0.15) is 6.42 Å². The molecule has 1 fully saturated rings. The molecule has 0 spiro atoms. The van der Waals surface area contributed by atoms with E-state index in [1.54, 1.807) is 16.8 Å². The second-order valence-electron chi connectivity index (χ2n) is 7.05. The van der Waals surface area contributed by atoms with Crippen molar-refractivity contribution in [2.45, 2.75) is 20.3 Å². The van der Waals surface area contributed by atoms with Crippen LogP contribution in [0.1, 0.15) is 17.5 Å². The molecule has 0 aliphatic carbocycles. The summed E-state index contributed by atoms with van der Waals surface area (Å²) in [6.45, 7) is 7.13. The molecule has 0 unspecified atom stereocenters. The number of hydrogen-bond acceptors (Lipinski definition) is 3. The predicted molar refractivity (Wildman–Crippen MR) is 109 cm³/mol. The third-order valence-electron chi connectivity index (χ3n) is 5.37. The molecule has 1 heterocycles. The van der Waals surface area contributed by atoms with Crippen LogP contribution in [0.3, 0.4) is 0 Å². The molecule has 27 heavy (non-hydrogen) atoms. The van der Waals surface area contributed by atoms with Gasteiger partial charge < -0.3 is 14.7 Å². The van der Waals surface area contributed by atoms with Gasteiger partial charge in [-0.25, -0.2) is 0 Å². The third kappa shape index (κ3) is 4.30. The van der Waals surface area contributed by atoms with Gasteiger partial charge in [0.25, 0.3) is 0 Å². The van der Waals surface area contributed by atoms with Gasteiger partial charge in [-0.3, -0.25) is 9.59 Å². The number of para-hydroxylation sites is 1. The first kappa shape index (κ1) is 19.0. The van der Waals surface area contributed by atoms with E-state index >= 15 is 0 Å². The number of amides is 2. The van der Waals surface area contributed by atoms with Crippen LogP contribution in [0, 0.1) is 13.8 Å². The molecule has 0 N–H and O–H groups in total. The minimum absolute atomic E-state index is 0.0884. The monoisotopic (exact) mass is 365 g/mol. The summed E-state index contributed by atoms with van der Waals surface area (Å²) in [4.78, 5) is 30.7. The first-order valence-electron chi connectivity index (χ1n) is 9.38. The summed E-state index contributed by atoms with van der Waals surface area (Å²) < 4.78 is 0. The largest absolute Gasteiger partial charge is 0.368 e. The number of aryl methyl sites for hydroxylation is 1. The van der Waals surface area contributed by atoms with Crippen molar-refractivity contribution in [2.24, 2.45) is 0 Å². The quantitative estimate of drug-likeness (QED) is 0.783. The molecule has 1 aliphatic heterocycles. The molecule has 0 bridgehead atoms. The van der Waals surface area contributed by atoms with Crippen molar-refractivity contribution in [1.29, 1.82) is 0 Å².